The van der Waals surface area contributed by atoms with Crippen LogP contribution in [0.25, 0.3) is 0 Å². The highest BCUT2D eigenvalue weighted by Gasteiger charge is 2.16. The van der Waals surface area contributed by atoms with Crippen molar-refractivity contribution in [1.82, 2.24) is 0 Å². The average Bonchev–Trinajstić information content (AvgIpc) is 1.81. The van der Waals surface area contributed by atoms with Crippen LogP contribution in [0.4, 0.5) is 0 Å². The summed E-state index contributed by atoms with van der Waals surface area (Å²) in [5, 5.41) is 0. The summed E-state index contributed by atoms with van der Waals surface area (Å²) in [5.74, 6) is 0. The molecule has 10 heavy (non-hydrogen) atoms. The second-order valence-electron chi connectivity index (χ2n) is 3.51. The molecule has 0 saturated carbocycles. The molecule has 0 aliphatic heterocycles. The predicted octanol–water partition coefficient (Wildman–Crippen LogP) is 0.871. The predicted molar refractivity (Wildman–Crippen MR) is 49.5 cm³/mol. The summed E-state index contributed by atoms with van der Waals surface area (Å²) in [6.45, 7) is 8.48. The topological polar surface area (TPSA) is 18.5 Å². The van der Waals surface area contributed by atoms with Crippen LogP contribution in [0, 0.1) is 0 Å². The molecule has 0 rings (SSSR count). The van der Waals surface area contributed by atoms with Gasteiger partial charge in [-0.15, -0.1) is 0 Å². The third-order valence-corrected chi connectivity index (χ3v) is 2.64. The van der Waals surface area contributed by atoms with Gasteiger partial charge < -0.3 is 0 Å². The quantitative estimate of drug-likeness (QED) is 0.361. The van der Waals surface area contributed by atoms with Gasteiger partial charge in [0.15, 0.2) is 0 Å². The number of hydrogen-bond donors (Lipinski definition) is 0. The maximum atomic E-state index is 5.26. The van der Waals surface area contributed by atoms with Gasteiger partial charge in [-0.2, -0.15) is 0 Å². The molecule has 0 amide bonds. The Kier molecular flexibility index (Phi) is 4.43. The van der Waals surface area contributed by atoms with E-state index in [1.807, 2.05) is 0 Å². The third-order valence-electron chi connectivity index (χ3n) is 1.04. The van der Waals surface area contributed by atoms with E-state index >= 15 is 0 Å². The molecule has 2 nitrogen and oxygen atoms in total. The Hall–Kier alpha value is 0.354. The van der Waals surface area contributed by atoms with Crippen LogP contribution < -0.4 is 0 Å². The van der Waals surface area contributed by atoms with Gasteiger partial charge in [0.05, 0.1) is 5.73 Å². The standard InChI is InChI=1S/C6H18O2Si2/c1-5-6(9)7-8-10(2,3)4/h6H,5H2,1-4,9H3. The average molecular weight is 178 g/mol. The SMILES string of the molecule is CCC([SiH3])OO[Si](C)(C)C. The maximum absolute atomic E-state index is 5.26. The van der Waals surface area contributed by atoms with Crippen LogP contribution >= 0.6 is 0 Å². The number of rotatable bonds is 4. The Morgan fingerprint density at radius 2 is 1.90 bits per heavy atom. The molecule has 62 valence electrons. The van der Waals surface area contributed by atoms with E-state index in [1.165, 1.54) is 0 Å². The summed E-state index contributed by atoms with van der Waals surface area (Å²) in [4.78, 5) is 5.18. The molecule has 0 N–H and O–H groups in total. The molecule has 0 radical (unpaired) electrons. The Bertz CT molecular complexity index is 90.2. The van der Waals surface area contributed by atoms with E-state index in [0.717, 1.165) is 16.7 Å². The fraction of sp³-hybridized carbons (Fsp3) is 1.00. The van der Waals surface area contributed by atoms with Crippen LogP contribution in [-0.2, 0) is 9.46 Å². The van der Waals surface area contributed by atoms with Gasteiger partial charge in [0.1, 0.15) is 0 Å². The third kappa shape index (κ3) is 6.47. The summed E-state index contributed by atoms with van der Waals surface area (Å²) < 4.78 is 5.26. The van der Waals surface area contributed by atoms with Crippen molar-refractivity contribution in [2.45, 2.75) is 38.7 Å². The van der Waals surface area contributed by atoms with Crippen LogP contribution in [0.5, 0.6) is 0 Å². The molecule has 0 fully saturated rings. The van der Waals surface area contributed by atoms with Gasteiger partial charge in [0, 0.05) is 10.2 Å². The summed E-state index contributed by atoms with van der Waals surface area (Å²) in [6, 6.07) is 0. The highest BCUT2D eigenvalue weighted by molar-refractivity contribution is 6.69. The second kappa shape index (κ2) is 4.28. The highest BCUT2D eigenvalue weighted by Crippen LogP contribution is 2.05. The molecule has 0 aliphatic rings. The lowest BCUT2D eigenvalue weighted by molar-refractivity contribution is -0.232. The first-order valence-corrected chi connectivity index (χ1v) is 8.36. The van der Waals surface area contributed by atoms with E-state index < -0.39 is 8.32 Å². The van der Waals surface area contributed by atoms with Crippen molar-refractivity contribution in [2.75, 3.05) is 0 Å². The second-order valence-corrected chi connectivity index (χ2v) is 9.19. The first-order chi connectivity index (χ1) is 4.45. The smallest absolute Gasteiger partial charge is 0.230 e. The molecule has 0 bridgehead atoms. The molecule has 0 aliphatic carbocycles. The van der Waals surface area contributed by atoms with Gasteiger partial charge in [-0.3, -0.25) is 4.58 Å². The van der Waals surface area contributed by atoms with Crippen LogP contribution in [0.2, 0.25) is 19.6 Å². The van der Waals surface area contributed by atoms with Crippen molar-refractivity contribution in [3.05, 3.63) is 0 Å². The summed E-state index contributed by atoms with van der Waals surface area (Å²) >= 11 is 0. The van der Waals surface area contributed by atoms with Crippen molar-refractivity contribution in [3.63, 3.8) is 0 Å². The molecular formula is C6H18O2Si2. The fourth-order valence-electron chi connectivity index (χ4n) is 0.295. The van der Waals surface area contributed by atoms with Gasteiger partial charge in [-0.1, -0.05) is 6.92 Å². The van der Waals surface area contributed by atoms with Gasteiger partial charge in [0.2, 0.25) is 8.32 Å². The molecular weight excluding hydrogens is 160 g/mol. The van der Waals surface area contributed by atoms with E-state index in [2.05, 4.69) is 26.6 Å². The van der Waals surface area contributed by atoms with Crippen molar-refractivity contribution < 1.29 is 9.46 Å². The van der Waals surface area contributed by atoms with E-state index in [4.69, 9.17) is 9.46 Å². The fourth-order valence-corrected chi connectivity index (χ4v) is 1.04. The minimum Gasteiger partial charge on any atom is -0.287 e. The van der Waals surface area contributed by atoms with Crippen LogP contribution in [0.3, 0.4) is 0 Å². The summed E-state index contributed by atoms with van der Waals surface area (Å²) in [7, 11) is -0.378. The minimum atomic E-state index is -1.44. The van der Waals surface area contributed by atoms with E-state index in [0.29, 0.717) is 5.73 Å². The minimum absolute atomic E-state index is 0.367. The van der Waals surface area contributed by atoms with Crippen LogP contribution in [-0.4, -0.2) is 24.3 Å². The zero-order valence-electron chi connectivity index (χ0n) is 7.60. The van der Waals surface area contributed by atoms with Gasteiger partial charge >= 0.3 is 0 Å². The van der Waals surface area contributed by atoms with Gasteiger partial charge in [-0.05, 0) is 26.1 Å². The van der Waals surface area contributed by atoms with Crippen molar-refractivity contribution in [1.29, 1.82) is 0 Å². The Morgan fingerprint density at radius 3 is 2.20 bits per heavy atom. The lowest BCUT2D eigenvalue weighted by Gasteiger charge is -2.18. The Balaban J connectivity index is 3.36. The maximum Gasteiger partial charge on any atom is 0.230 e. The molecule has 0 aromatic rings. The first-order valence-electron chi connectivity index (χ1n) is 3.80. The zero-order chi connectivity index (χ0) is 8.20. The Labute approximate surface area is 67.4 Å². The molecule has 1 unspecified atom stereocenters. The molecule has 0 spiro atoms. The molecule has 1 atom stereocenters. The van der Waals surface area contributed by atoms with Crippen LogP contribution in [0.1, 0.15) is 13.3 Å². The molecule has 0 aromatic heterocycles. The molecule has 0 heterocycles. The summed E-state index contributed by atoms with van der Waals surface area (Å²) in [6.07, 6.45) is 1.07. The van der Waals surface area contributed by atoms with Crippen molar-refractivity contribution in [3.8, 4) is 0 Å². The lowest BCUT2D eigenvalue weighted by atomic mass is 10.5. The highest BCUT2D eigenvalue weighted by atomic mass is 28.4. The van der Waals surface area contributed by atoms with Crippen molar-refractivity contribution >= 4 is 18.6 Å². The molecule has 0 aromatic carbocycles. The lowest BCUT2D eigenvalue weighted by Crippen LogP contribution is -2.28. The summed E-state index contributed by atoms with van der Waals surface area (Å²) in [5.41, 5.74) is 0.367. The van der Waals surface area contributed by atoms with E-state index in [9.17, 15) is 0 Å². The zero-order valence-corrected chi connectivity index (χ0v) is 10.6. The normalized spacial score (nSPS) is 15.6. The van der Waals surface area contributed by atoms with Gasteiger partial charge in [-0.25, -0.2) is 4.89 Å². The molecule has 4 heteroatoms. The first kappa shape index (κ1) is 10.4. The molecule has 0 saturated heterocycles. The monoisotopic (exact) mass is 178 g/mol. The van der Waals surface area contributed by atoms with Gasteiger partial charge in [0.25, 0.3) is 0 Å². The van der Waals surface area contributed by atoms with Crippen LogP contribution in [0.15, 0.2) is 0 Å². The number of hydrogen-bond acceptors (Lipinski definition) is 2. The Morgan fingerprint density at radius 1 is 1.40 bits per heavy atom. The van der Waals surface area contributed by atoms with E-state index in [1.54, 1.807) is 0 Å². The van der Waals surface area contributed by atoms with Crippen molar-refractivity contribution in [2.24, 2.45) is 0 Å². The van der Waals surface area contributed by atoms with E-state index in [-0.39, 0.29) is 0 Å². The largest absolute Gasteiger partial charge is 0.287 e.